The van der Waals surface area contributed by atoms with Crippen LogP contribution in [-0.2, 0) is 0 Å². The van der Waals surface area contributed by atoms with Gasteiger partial charge in [-0.15, -0.1) is 0 Å². The van der Waals surface area contributed by atoms with Gasteiger partial charge < -0.3 is 15.2 Å². The maximum absolute atomic E-state index is 12.7. The molecule has 0 unspecified atom stereocenters. The zero-order valence-electron chi connectivity index (χ0n) is 14.0. The van der Waals surface area contributed by atoms with Crippen LogP contribution in [0.15, 0.2) is 10.6 Å². The van der Waals surface area contributed by atoms with E-state index < -0.39 is 0 Å². The fourth-order valence-corrected chi connectivity index (χ4v) is 2.72. The maximum atomic E-state index is 12.7. The van der Waals surface area contributed by atoms with Crippen molar-refractivity contribution in [3.63, 3.8) is 0 Å². The van der Waals surface area contributed by atoms with E-state index in [4.69, 9.17) is 4.52 Å². The highest BCUT2D eigenvalue weighted by Gasteiger charge is 2.29. The van der Waals surface area contributed by atoms with Gasteiger partial charge >= 0.3 is 0 Å². The molecule has 0 atom stereocenters. The molecule has 0 spiro atoms. The van der Waals surface area contributed by atoms with Crippen LogP contribution in [0, 0.1) is 0 Å². The second-order valence-electron chi connectivity index (χ2n) is 6.48. The van der Waals surface area contributed by atoms with Crippen molar-refractivity contribution in [3.05, 3.63) is 23.0 Å². The lowest BCUT2D eigenvalue weighted by atomic mass is 10.0. The maximum Gasteiger partial charge on any atom is 0.259 e. The molecule has 1 amide bonds. The highest BCUT2D eigenvalue weighted by molar-refractivity contribution is 6.06. The Morgan fingerprint density at radius 1 is 1.39 bits per heavy atom. The Kier molecular flexibility index (Phi) is 4.61. The molecule has 1 aliphatic carbocycles. The van der Waals surface area contributed by atoms with E-state index in [2.05, 4.69) is 20.8 Å². The average Bonchev–Trinajstić information content (AvgIpc) is 3.29. The molecule has 6 heteroatoms. The Morgan fingerprint density at radius 2 is 2.17 bits per heavy atom. The van der Waals surface area contributed by atoms with E-state index in [9.17, 15) is 4.79 Å². The van der Waals surface area contributed by atoms with Crippen molar-refractivity contribution in [2.24, 2.45) is 0 Å². The summed E-state index contributed by atoms with van der Waals surface area (Å²) in [5.74, 6) is 0.573. The zero-order valence-corrected chi connectivity index (χ0v) is 14.0. The zero-order chi connectivity index (χ0) is 16.4. The van der Waals surface area contributed by atoms with Crippen LogP contribution >= 0.6 is 0 Å². The summed E-state index contributed by atoms with van der Waals surface area (Å²) < 4.78 is 5.41. The molecule has 3 rings (SSSR count). The van der Waals surface area contributed by atoms with Crippen molar-refractivity contribution in [1.29, 1.82) is 0 Å². The summed E-state index contributed by atoms with van der Waals surface area (Å²) in [7, 11) is 1.90. The lowest BCUT2D eigenvalue weighted by molar-refractivity contribution is 0.0954. The Hall–Kier alpha value is -1.95. The van der Waals surface area contributed by atoms with Crippen LogP contribution in [0.4, 0.5) is 0 Å². The smallest absolute Gasteiger partial charge is 0.259 e. The Morgan fingerprint density at radius 3 is 2.83 bits per heavy atom. The van der Waals surface area contributed by atoms with E-state index in [1.807, 2.05) is 27.0 Å². The first-order chi connectivity index (χ1) is 11.1. The molecule has 0 aliphatic heterocycles. The van der Waals surface area contributed by atoms with E-state index in [-0.39, 0.29) is 11.8 Å². The van der Waals surface area contributed by atoms with Gasteiger partial charge in [0.15, 0.2) is 0 Å². The van der Waals surface area contributed by atoms with Crippen molar-refractivity contribution < 1.29 is 9.32 Å². The molecule has 0 bridgehead atoms. The van der Waals surface area contributed by atoms with E-state index in [0.29, 0.717) is 23.7 Å². The average molecular weight is 316 g/mol. The molecule has 6 nitrogen and oxygen atoms in total. The number of rotatable bonds is 7. The number of hydrogen-bond donors (Lipinski definition) is 2. The summed E-state index contributed by atoms with van der Waals surface area (Å²) in [6.07, 6.45) is 3.16. The standard InChI is InChI=1S/C17H24N4O2/c1-10(2)15-14-12(16(22)19-8-4-7-18-3)9-13(11-5-6-11)20-17(14)23-21-15/h9-11,18H,4-8H2,1-3H3,(H,19,22). The number of amides is 1. The van der Waals surface area contributed by atoms with Gasteiger partial charge in [-0.3, -0.25) is 4.79 Å². The highest BCUT2D eigenvalue weighted by atomic mass is 16.5. The number of fused-ring (bicyclic) bond motifs is 1. The SMILES string of the molecule is CNCCCNC(=O)c1cc(C2CC2)nc2onc(C(C)C)c12. The number of carbonyl (C=O) groups excluding carboxylic acids is 1. The molecule has 1 fully saturated rings. The van der Waals surface area contributed by atoms with E-state index in [1.165, 1.54) is 0 Å². The molecule has 0 saturated heterocycles. The molecule has 23 heavy (non-hydrogen) atoms. The molecule has 1 saturated carbocycles. The third kappa shape index (κ3) is 3.37. The van der Waals surface area contributed by atoms with Gasteiger partial charge in [-0.2, -0.15) is 0 Å². The number of hydrogen-bond acceptors (Lipinski definition) is 5. The normalized spacial score (nSPS) is 14.6. The van der Waals surface area contributed by atoms with E-state index in [0.717, 1.165) is 42.6 Å². The van der Waals surface area contributed by atoms with Crippen LogP contribution in [0.3, 0.4) is 0 Å². The number of nitrogens with zero attached hydrogens (tertiary/aromatic N) is 2. The van der Waals surface area contributed by atoms with Crippen molar-refractivity contribution in [1.82, 2.24) is 20.8 Å². The molecule has 0 aromatic carbocycles. The van der Waals surface area contributed by atoms with E-state index in [1.54, 1.807) is 0 Å². The van der Waals surface area contributed by atoms with Crippen LogP contribution in [0.25, 0.3) is 11.1 Å². The van der Waals surface area contributed by atoms with Crippen LogP contribution in [0.1, 0.15) is 66.7 Å². The molecule has 2 heterocycles. The molecule has 2 aromatic heterocycles. The minimum atomic E-state index is -0.0690. The quantitative estimate of drug-likeness (QED) is 0.767. The predicted molar refractivity (Wildman–Crippen MR) is 88.7 cm³/mol. The van der Waals surface area contributed by atoms with Crippen molar-refractivity contribution >= 4 is 17.0 Å². The molecule has 2 N–H and O–H groups in total. The molecule has 2 aromatic rings. The van der Waals surface area contributed by atoms with Crippen molar-refractivity contribution in [2.75, 3.05) is 20.1 Å². The summed E-state index contributed by atoms with van der Waals surface area (Å²) in [5.41, 5.74) is 2.88. The summed E-state index contributed by atoms with van der Waals surface area (Å²) in [6.45, 7) is 5.61. The monoisotopic (exact) mass is 316 g/mol. The van der Waals surface area contributed by atoms with Gasteiger partial charge in [0.2, 0.25) is 0 Å². The van der Waals surface area contributed by atoms with Gasteiger partial charge in [-0.25, -0.2) is 4.98 Å². The topological polar surface area (TPSA) is 80.0 Å². The van der Waals surface area contributed by atoms with Gasteiger partial charge in [0.25, 0.3) is 11.6 Å². The fraction of sp³-hybridized carbons (Fsp3) is 0.588. The second kappa shape index (κ2) is 6.66. The van der Waals surface area contributed by atoms with Gasteiger partial charge in [0.05, 0.1) is 16.6 Å². The van der Waals surface area contributed by atoms with Gasteiger partial charge in [-0.1, -0.05) is 19.0 Å². The third-order valence-electron chi connectivity index (χ3n) is 4.17. The first-order valence-corrected chi connectivity index (χ1v) is 8.34. The molecule has 124 valence electrons. The minimum Gasteiger partial charge on any atom is -0.352 e. The number of carbonyl (C=O) groups is 1. The minimum absolute atomic E-state index is 0.0690. The van der Waals surface area contributed by atoms with Gasteiger partial charge in [-0.05, 0) is 44.8 Å². The fourth-order valence-electron chi connectivity index (χ4n) is 2.72. The summed E-state index contributed by atoms with van der Waals surface area (Å²) in [4.78, 5) is 17.2. The lowest BCUT2D eigenvalue weighted by Crippen LogP contribution is -2.27. The number of nitrogens with one attached hydrogen (secondary N) is 2. The Labute approximate surface area is 136 Å². The van der Waals surface area contributed by atoms with Crippen molar-refractivity contribution in [3.8, 4) is 0 Å². The Bertz CT molecular complexity index is 704. The third-order valence-corrected chi connectivity index (χ3v) is 4.17. The molecular formula is C17H24N4O2. The van der Waals surface area contributed by atoms with Crippen LogP contribution in [0.5, 0.6) is 0 Å². The largest absolute Gasteiger partial charge is 0.352 e. The summed E-state index contributed by atoms with van der Waals surface area (Å²) in [6, 6.07) is 1.93. The van der Waals surface area contributed by atoms with Gasteiger partial charge in [0, 0.05) is 18.2 Å². The molecule has 0 radical (unpaired) electrons. The number of aromatic nitrogens is 2. The molecular weight excluding hydrogens is 292 g/mol. The van der Waals surface area contributed by atoms with E-state index >= 15 is 0 Å². The first-order valence-electron chi connectivity index (χ1n) is 8.34. The molecule has 1 aliphatic rings. The van der Waals surface area contributed by atoms with Crippen molar-refractivity contribution in [2.45, 2.75) is 44.9 Å². The lowest BCUT2D eigenvalue weighted by Gasteiger charge is -2.09. The van der Waals surface area contributed by atoms with Gasteiger partial charge in [0.1, 0.15) is 0 Å². The number of pyridine rings is 1. The Balaban J connectivity index is 1.94. The summed E-state index contributed by atoms with van der Waals surface area (Å²) >= 11 is 0. The summed E-state index contributed by atoms with van der Waals surface area (Å²) in [5, 5.41) is 11.0. The van der Waals surface area contributed by atoms with Crippen LogP contribution < -0.4 is 10.6 Å². The van der Waals surface area contributed by atoms with Crippen LogP contribution in [-0.4, -0.2) is 36.2 Å². The van der Waals surface area contributed by atoms with Crippen LogP contribution in [0.2, 0.25) is 0 Å². The highest BCUT2D eigenvalue weighted by Crippen LogP contribution is 2.41. The predicted octanol–water partition coefficient (Wildman–Crippen LogP) is 2.56. The second-order valence-corrected chi connectivity index (χ2v) is 6.48. The first kappa shape index (κ1) is 15.9.